The van der Waals surface area contributed by atoms with Crippen LogP contribution in [0.3, 0.4) is 0 Å². The lowest BCUT2D eigenvalue weighted by Gasteiger charge is -2.39. The number of urea groups is 1. The number of ether oxygens (including phenoxy) is 4. The largest absolute Gasteiger partial charge is 0.465 e. The van der Waals surface area contributed by atoms with Crippen molar-refractivity contribution in [3.63, 3.8) is 0 Å². The highest BCUT2D eigenvalue weighted by molar-refractivity contribution is 5.80. The molecular formula is C34H41N3O7. The Hall–Kier alpha value is -3.80. The molecule has 2 heterocycles. The number of aliphatic hydroxyl groups is 1. The van der Waals surface area contributed by atoms with Gasteiger partial charge in [0, 0.05) is 38.2 Å². The molecule has 0 unspecified atom stereocenters. The van der Waals surface area contributed by atoms with Crippen LogP contribution in [0.25, 0.3) is 11.1 Å². The zero-order chi connectivity index (χ0) is 30.7. The summed E-state index contributed by atoms with van der Waals surface area (Å²) in [5, 5.41) is 14.8. The van der Waals surface area contributed by atoms with Crippen LogP contribution < -0.4 is 10.6 Å². The average Bonchev–Trinajstić information content (AvgIpc) is 3.07. The van der Waals surface area contributed by atoms with Crippen LogP contribution in [-0.4, -0.2) is 74.1 Å². The SMILES string of the molecule is CCOC(=O)CNC(=O)NCc1cccc(-c2cccc([C@@H]3O[C@H](CN4CCOCC4)C[C@H](c4ccc(CO)cc4)O3)c2)c1. The van der Waals surface area contributed by atoms with Crippen molar-refractivity contribution in [2.75, 3.05) is 46.0 Å². The number of rotatable bonds is 11. The van der Waals surface area contributed by atoms with E-state index in [1.807, 2.05) is 66.7 Å². The van der Waals surface area contributed by atoms with Crippen LogP contribution in [0.4, 0.5) is 4.79 Å². The van der Waals surface area contributed by atoms with Crippen LogP contribution in [-0.2, 0) is 36.9 Å². The molecule has 2 aliphatic rings. The molecule has 3 aromatic carbocycles. The molecule has 5 rings (SSSR count). The highest BCUT2D eigenvalue weighted by Crippen LogP contribution is 2.39. The van der Waals surface area contributed by atoms with E-state index >= 15 is 0 Å². The fourth-order valence-electron chi connectivity index (χ4n) is 5.44. The van der Waals surface area contributed by atoms with E-state index in [4.69, 9.17) is 18.9 Å². The van der Waals surface area contributed by atoms with Gasteiger partial charge in [0.1, 0.15) is 6.54 Å². The lowest BCUT2D eigenvalue weighted by atomic mass is 9.98. The molecule has 3 N–H and O–H groups in total. The first-order chi connectivity index (χ1) is 21.5. The summed E-state index contributed by atoms with van der Waals surface area (Å²) in [6, 6.07) is 23.6. The number of nitrogens with zero attached hydrogens (tertiary/aromatic N) is 1. The first-order valence-corrected chi connectivity index (χ1v) is 15.2. The molecule has 2 amide bonds. The Morgan fingerprint density at radius 3 is 2.41 bits per heavy atom. The Balaban J connectivity index is 1.29. The summed E-state index contributed by atoms with van der Waals surface area (Å²) in [5.74, 6) is -0.478. The van der Waals surface area contributed by atoms with Crippen LogP contribution in [0.2, 0.25) is 0 Å². The fraction of sp³-hybridized carbons (Fsp3) is 0.412. The molecule has 0 spiro atoms. The van der Waals surface area contributed by atoms with E-state index in [1.165, 1.54) is 0 Å². The van der Waals surface area contributed by atoms with Crippen LogP contribution >= 0.6 is 0 Å². The Labute approximate surface area is 258 Å². The number of benzene rings is 3. The summed E-state index contributed by atoms with van der Waals surface area (Å²) in [6.07, 6.45) is 0.00204. The fourth-order valence-corrected chi connectivity index (χ4v) is 5.44. The second-order valence-corrected chi connectivity index (χ2v) is 10.9. The maximum atomic E-state index is 12.1. The van der Waals surface area contributed by atoms with Gasteiger partial charge in [0.2, 0.25) is 0 Å². The summed E-state index contributed by atoms with van der Waals surface area (Å²) in [7, 11) is 0. The zero-order valence-corrected chi connectivity index (χ0v) is 25.1. The Kier molecular flexibility index (Phi) is 11.3. The van der Waals surface area contributed by atoms with E-state index < -0.39 is 18.3 Å². The van der Waals surface area contributed by atoms with Gasteiger partial charge >= 0.3 is 12.0 Å². The van der Waals surface area contributed by atoms with Crippen LogP contribution in [0.1, 0.15) is 48.0 Å². The van der Waals surface area contributed by atoms with E-state index in [0.717, 1.165) is 72.6 Å². The third-order valence-electron chi connectivity index (χ3n) is 7.75. The number of nitrogens with one attached hydrogen (secondary N) is 2. The van der Waals surface area contributed by atoms with E-state index in [-0.39, 0.29) is 32.0 Å². The molecule has 44 heavy (non-hydrogen) atoms. The first-order valence-electron chi connectivity index (χ1n) is 15.2. The van der Waals surface area contributed by atoms with Crippen molar-refractivity contribution >= 4 is 12.0 Å². The molecule has 0 saturated carbocycles. The molecule has 3 atom stereocenters. The van der Waals surface area contributed by atoms with Gasteiger partial charge in [-0.3, -0.25) is 9.69 Å². The lowest BCUT2D eigenvalue weighted by molar-refractivity contribution is -0.253. The summed E-state index contributed by atoms with van der Waals surface area (Å²) >= 11 is 0. The second-order valence-electron chi connectivity index (χ2n) is 10.9. The third kappa shape index (κ3) is 8.87. The molecule has 10 heteroatoms. The molecule has 234 valence electrons. The molecule has 0 bridgehead atoms. The zero-order valence-electron chi connectivity index (χ0n) is 25.1. The van der Waals surface area contributed by atoms with E-state index in [2.05, 4.69) is 21.6 Å². The highest BCUT2D eigenvalue weighted by atomic mass is 16.7. The van der Waals surface area contributed by atoms with Gasteiger partial charge in [-0.25, -0.2) is 4.79 Å². The van der Waals surface area contributed by atoms with Gasteiger partial charge in [0.05, 0.1) is 38.6 Å². The van der Waals surface area contributed by atoms with Gasteiger partial charge in [-0.05, 0) is 46.9 Å². The number of hydrogen-bond acceptors (Lipinski definition) is 8. The molecule has 2 aliphatic heterocycles. The van der Waals surface area contributed by atoms with Crippen molar-refractivity contribution < 1.29 is 33.6 Å². The van der Waals surface area contributed by atoms with Crippen LogP contribution in [0.5, 0.6) is 0 Å². The van der Waals surface area contributed by atoms with Gasteiger partial charge < -0.3 is 34.7 Å². The predicted octanol–water partition coefficient (Wildman–Crippen LogP) is 4.09. The van der Waals surface area contributed by atoms with Crippen molar-refractivity contribution in [3.05, 3.63) is 95.1 Å². The Morgan fingerprint density at radius 1 is 0.909 bits per heavy atom. The smallest absolute Gasteiger partial charge is 0.325 e. The predicted molar refractivity (Wildman–Crippen MR) is 164 cm³/mol. The lowest BCUT2D eigenvalue weighted by Crippen LogP contribution is -2.44. The molecule has 2 saturated heterocycles. The van der Waals surface area contributed by atoms with Crippen molar-refractivity contribution in [1.29, 1.82) is 0 Å². The van der Waals surface area contributed by atoms with E-state index in [1.54, 1.807) is 6.92 Å². The summed E-state index contributed by atoms with van der Waals surface area (Å²) in [4.78, 5) is 26.0. The monoisotopic (exact) mass is 603 g/mol. The number of amides is 2. The topological polar surface area (TPSA) is 119 Å². The minimum absolute atomic E-state index is 0.00390. The van der Waals surface area contributed by atoms with Gasteiger partial charge in [-0.2, -0.15) is 0 Å². The number of esters is 1. The highest BCUT2D eigenvalue weighted by Gasteiger charge is 2.33. The maximum absolute atomic E-state index is 12.1. The maximum Gasteiger partial charge on any atom is 0.325 e. The molecule has 3 aromatic rings. The second kappa shape index (κ2) is 15.8. The van der Waals surface area contributed by atoms with Crippen molar-refractivity contribution in [1.82, 2.24) is 15.5 Å². The Bertz CT molecular complexity index is 1380. The summed E-state index contributed by atoms with van der Waals surface area (Å²) in [6.45, 7) is 6.14. The third-order valence-corrected chi connectivity index (χ3v) is 7.75. The van der Waals surface area contributed by atoms with Gasteiger partial charge in [0.15, 0.2) is 6.29 Å². The molecule has 10 nitrogen and oxygen atoms in total. The van der Waals surface area contributed by atoms with Crippen LogP contribution in [0, 0.1) is 0 Å². The normalized spacial score (nSPS) is 20.5. The molecule has 0 aromatic heterocycles. The molecule has 0 aliphatic carbocycles. The summed E-state index contributed by atoms with van der Waals surface area (Å²) < 4.78 is 23.5. The number of aliphatic hydroxyl groups excluding tert-OH is 1. The van der Waals surface area contributed by atoms with E-state index in [9.17, 15) is 14.7 Å². The molecule has 2 fully saturated rings. The molecule has 0 radical (unpaired) electrons. The van der Waals surface area contributed by atoms with Crippen LogP contribution in [0.15, 0.2) is 72.8 Å². The minimum atomic E-state index is -0.551. The van der Waals surface area contributed by atoms with E-state index in [0.29, 0.717) is 6.54 Å². The number of carbonyl (C=O) groups excluding carboxylic acids is 2. The van der Waals surface area contributed by atoms with Gasteiger partial charge in [0.25, 0.3) is 0 Å². The molecular weight excluding hydrogens is 562 g/mol. The number of hydrogen-bond donors (Lipinski definition) is 3. The quantitative estimate of drug-likeness (QED) is 0.281. The first kappa shape index (κ1) is 31.6. The minimum Gasteiger partial charge on any atom is -0.465 e. The average molecular weight is 604 g/mol. The van der Waals surface area contributed by atoms with Gasteiger partial charge in [-0.15, -0.1) is 0 Å². The van der Waals surface area contributed by atoms with Crippen molar-refractivity contribution in [3.8, 4) is 11.1 Å². The summed E-state index contributed by atoms with van der Waals surface area (Å²) in [5.41, 5.74) is 5.77. The van der Waals surface area contributed by atoms with Crippen molar-refractivity contribution in [2.24, 2.45) is 0 Å². The Morgan fingerprint density at radius 2 is 1.66 bits per heavy atom. The number of morpholine rings is 1. The standard InChI is InChI=1S/C34H41N3O7/c1-2-42-32(39)21-36-34(40)35-20-25-5-3-6-27(17-25)28-7-4-8-29(18-28)33-43-30(22-37-13-15-41-16-14-37)19-31(44-33)26-11-9-24(23-38)10-12-26/h3-12,17-18,30-31,33,38H,2,13-16,19-23H2,1H3,(H2,35,36,40)/t30-,31+,33+/m0/s1. The van der Waals surface area contributed by atoms with Gasteiger partial charge in [-0.1, -0.05) is 60.7 Å². The number of carbonyl (C=O) groups is 2. The van der Waals surface area contributed by atoms with Crippen molar-refractivity contribution in [2.45, 2.75) is 45.0 Å².